The number of thiophene rings is 1. The zero-order chi connectivity index (χ0) is 21.8. The number of carboxylic acids is 1. The standard InChI is InChI=1S/C22H21N3O3S2/c1-12-7-8-15(9-13(12)2)20-19(26)18(11-30-20)14(3)24-25-22(29)23-17-6-4-5-16(10-17)21(27)28/h4-11,26H,1-3H3,(H,27,28)(H2,23,25,29)/b24-14+. The summed E-state index contributed by atoms with van der Waals surface area (Å²) < 4.78 is 0. The van der Waals surface area contributed by atoms with Gasteiger partial charge < -0.3 is 15.5 Å². The highest BCUT2D eigenvalue weighted by Gasteiger charge is 2.15. The fourth-order valence-electron chi connectivity index (χ4n) is 2.78. The molecule has 0 aliphatic heterocycles. The number of hydrazone groups is 1. The zero-order valence-electron chi connectivity index (χ0n) is 16.7. The molecule has 0 unspecified atom stereocenters. The molecule has 0 bridgehead atoms. The fourth-order valence-corrected chi connectivity index (χ4v) is 3.95. The molecule has 1 heterocycles. The number of nitrogens with zero attached hydrogens (tertiary/aromatic N) is 1. The summed E-state index contributed by atoms with van der Waals surface area (Å²) in [6.45, 7) is 5.86. The molecule has 8 heteroatoms. The van der Waals surface area contributed by atoms with Crippen LogP contribution in [0.1, 0.15) is 34.0 Å². The molecule has 0 spiro atoms. The highest BCUT2D eigenvalue weighted by molar-refractivity contribution is 7.80. The molecular weight excluding hydrogens is 418 g/mol. The molecule has 3 rings (SSSR count). The van der Waals surface area contributed by atoms with Crippen LogP contribution >= 0.6 is 23.6 Å². The lowest BCUT2D eigenvalue weighted by Gasteiger charge is -2.09. The van der Waals surface area contributed by atoms with Gasteiger partial charge in [-0.15, -0.1) is 11.3 Å². The quantitative estimate of drug-likeness (QED) is 0.250. The summed E-state index contributed by atoms with van der Waals surface area (Å²) in [7, 11) is 0. The van der Waals surface area contributed by atoms with E-state index in [1.54, 1.807) is 19.1 Å². The lowest BCUT2D eigenvalue weighted by Crippen LogP contribution is -2.25. The number of carboxylic acid groups (broad SMARTS) is 1. The van der Waals surface area contributed by atoms with Gasteiger partial charge in [0.1, 0.15) is 5.75 Å². The SMILES string of the molecule is C/C(=N\NC(=S)Nc1cccc(C(=O)O)c1)c1csc(-c2ccc(C)c(C)c2)c1O. The van der Waals surface area contributed by atoms with Crippen LogP contribution in [0.5, 0.6) is 5.75 Å². The van der Waals surface area contributed by atoms with E-state index in [1.165, 1.54) is 29.0 Å². The first-order chi connectivity index (χ1) is 14.3. The van der Waals surface area contributed by atoms with Crippen molar-refractivity contribution in [3.63, 3.8) is 0 Å². The van der Waals surface area contributed by atoms with Crippen LogP contribution in [0.15, 0.2) is 52.9 Å². The van der Waals surface area contributed by atoms with E-state index >= 15 is 0 Å². The minimum atomic E-state index is -1.01. The summed E-state index contributed by atoms with van der Waals surface area (Å²) in [5.41, 5.74) is 7.94. The van der Waals surface area contributed by atoms with E-state index in [0.717, 1.165) is 16.0 Å². The van der Waals surface area contributed by atoms with Crippen LogP contribution < -0.4 is 10.7 Å². The molecule has 0 aliphatic rings. The molecule has 1 aromatic heterocycles. The molecule has 4 N–H and O–H groups in total. The highest BCUT2D eigenvalue weighted by Crippen LogP contribution is 2.39. The van der Waals surface area contributed by atoms with Gasteiger partial charge in [0, 0.05) is 11.1 Å². The van der Waals surface area contributed by atoms with Crippen molar-refractivity contribution in [1.29, 1.82) is 0 Å². The summed E-state index contributed by atoms with van der Waals surface area (Å²) >= 11 is 6.67. The monoisotopic (exact) mass is 439 g/mol. The third-order valence-corrected chi connectivity index (χ3v) is 5.83. The normalized spacial score (nSPS) is 11.2. The largest absolute Gasteiger partial charge is 0.506 e. The number of aromatic carboxylic acids is 1. The maximum absolute atomic E-state index is 11.1. The number of hydrogen-bond acceptors (Lipinski definition) is 5. The summed E-state index contributed by atoms with van der Waals surface area (Å²) in [6, 6.07) is 12.4. The first-order valence-electron chi connectivity index (χ1n) is 9.09. The predicted octanol–water partition coefficient (Wildman–Crippen LogP) is 5.15. The van der Waals surface area contributed by atoms with Crippen molar-refractivity contribution < 1.29 is 15.0 Å². The maximum atomic E-state index is 11.1. The number of nitrogens with one attached hydrogen (secondary N) is 2. The number of thiocarbonyl (C=S) groups is 1. The van der Waals surface area contributed by atoms with E-state index in [-0.39, 0.29) is 16.4 Å². The Balaban J connectivity index is 1.72. The highest BCUT2D eigenvalue weighted by atomic mass is 32.1. The molecular formula is C22H21N3O3S2. The first kappa shape index (κ1) is 21.5. The number of aryl methyl sites for hydroxylation is 2. The predicted molar refractivity (Wildman–Crippen MR) is 126 cm³/mol. The zero-order valence-corrected chi connectivity index (χ0v) is 18.3. The molecule has 30 heavy (non-hydrogen) atoms. The van der Waals surface area contributed by atoms with Crippen LogP contribution in [0, 0.1) is 13.8 Å². The van der Waals surface area contributed by atoms with Crippen LogP contribution in [-0.4, -0.2) is 27.0 Å². The van der Waals surface area contributed by atoms with Crippen molar-refractivity contribution in [3.8, 4) is 16.2 Å². The Morgan fingerprint density at radius 3 is 2.60 bits per heavy atom. The summed E-state index contributed by atoms with van der Waals surface area (Å²) in [6.07, 6.45) is 0. The molecule has 3 aromatic rings. The number of anilines is 1. The van der Waals surface area contributed by atoms with Crippen molar-refractivity contribution in [3.05, 3.63) is 70.1 Å². The Hall–Kier alpha value is -3.23. The van der Waals surface area contributed by atoms with Gasteiger partial charge in [-0.05, 0) is 67.9 Å². The molecule has 0 amide bonds. The Labute approximate surface area is 183 Å². The van der Waals surface area contributed by atoms with Crippen molar-refractivity contribution in [2.45, 2.75) is 20.8 Å². The molecule has 0 fully saturated rings. The van der Waals surface area contributed by atoms with Crippen molar-refractivity contribution in [2.75, 3.05) is 5.32 Å². The van der Waals surface area contributed by atoms with Crippen molar-refractivity contribution >= 4 is 46.0 Å². The number of carbonyl (C=O) groups is 1. The van der Waals surface area contributed by atoms with E-state index < -0.39 is 5.97 Å². The van der Waals surface area contributed by atoms with E-state index in [1.807, 2.05) is 24.4 Å². The summed E-state index contributed by atoms with van der Waals surface area (Å²) in [5.74, 6) is -0.835. The van der Waals surface area contributed by atoms with Gasteiger partial charge >= 0.3 is 5.97 Å². The molecule has 154 valence electrons. The minimum Gasteiger partial charge on any atom is -0.506 e. The number of aromatic hydroxyl groups is 1. The molecule has 0 saturated carbocycles. The van der Waals surface area contributed by atoms with Crippen LogP contribution in [0.4, 0.5) is 5.69 Å². The lowest BCUT2D eigenvalue weighted by atomic mass is 10.0. The Bertz CT molecular complexity index is 1150. The second-order valence-electron chi connectivity index (χ2n) is 6.78. The minimum absolute atomic E-state index is 0.157. The molecule has 0 aliphatic carbocycles. The molecule has 6 nitrogen and oxygen atoms in total. The third-order valence-electron chi connectivity index (χ3n) is 4.62. The average molecular weight is 440 g/mol. The average Bonchev–Trinajstić information content (AvgIpc) is 3.10. The number of hydrogen-bond donors (Lipinski definition) is 4. The van der Waals surface area contributed by atoms with Gasteiger partial charge in [-0.1, -0.05) is 24.3 Å². The molecule has 0 radical (unpaired) electrons. The fraction of sp³-hybridized carbons (Fsp3) is 0.136. The van der Waals surface area contributed by atoms with Crippen LogP contribution in [0.2, 0.25) is 0 Å². The molecule has 2 aromatic carbocycles. The Morgan fingerprint density at radius 2 is 1.90 bits per heavy atom. The second-order valence-corrected chi connectivity index (χ2v) is 8.06. The van der Waals surface area contributed by atoms with Crippen LogP contribution in [0.25, 0.3) is 10.4 Å². The summed E-state index contributed by atoms with van der Waals surface area (Å²) in [4.78, 5) is 11.8. The van der Waals surface area contributed by atoms with Gasteiger partial charge in [0.05, 0.1) is 21.7 Å². The van der Waals surface area contributed by atoms with E-state index in [0.29, 0.717) is 17.0 Å². The van der Waals surface area contributed by atoms with Gasteiger partial charge in [0.2, 0.25) is 0 Å². The third kappa shape index (κ3) is 4.84. The first-order valence-corrected chi connectivity index (χ1v) is 10.4. The molecule has 0 atom stereocenters. The maximum Gasteiger partial charge on any atom is 0.335 e. The van der Waals surface area contributed by atoms with E-state index in [9.17, 15) is 9.90 Å². The van der Waals surface area contributed by atoms with Crippen molar-refractivity contribution in [2.24, 2.45) is 5.10 Å². The van der Waals surface area contributed by atoms with Gasteiger partial charge in [-0.25, -0.2) is 4.79 Å². The van der Waals surface area contributed by atoms with Gasteiger partial charge in [0.25, 0.3) is 0 Å². The Kier molecular flexibility index (Phi) is 6.49. The lowest BCUT2D eigenvalue weighted by molar-refractivity contribution is 0.0697. The topological polar surface area (TPSA) is 94.0 Å². The number of rotatable bonds is 5. The molecule has 0 saturated heterocycles. The van der Waals surface area contributed by atoms with Gasteiger partial charge in [-0.3, -0.25) is 5.43 Å². The van der Waals surface area contributed by atoms with Crippen LogP contribution in [0.3, 0.4) is 0 Å². The van der Waals surface area contributed by atoms with Crippen LogP contribution in [-0.2, 0) is 0 Å². The van der Waals surface area contributed by atoms with Gasteiger partial charge in [-0.2, -0.15) is 5.10 Å². The van der Waals surface area contributed by atoms with Crippen molar-refractivity contribution in [1.82, 2.24) is 5.43 Å². The van der Waals surface area contributed by atoms with E-state index in [2.05, 4.69) is 28.8 Å². The number of benzene rings is 2. The van der Waals surface area contributed by atoms with Gasteiger partial charge in [0.15, 0.2) is 5.11 Å². The summed E-state index contributed by atoms with van der Waals surface area (Å²) in [5, 5.41) is 29.0. The second kappa shape index (κ2) is 9.06. The van der Waals surface area contributed by atoms with E-state index in [4.69, 9.17) is 17.3 Å². The smallest absolute Gasteiger partial charge is 0.335 e. The Morgan fingerprint density at radius 1 is 1.13 bits per heavy atom.